The highest BCUT2D eigenvalue weighted by molar-refractivity contribution is 5.48. The predicted molar refractivity (Wildman–Crippen MR) is 60.2 cm³/mol. The van der Waals surface area contributed by atoms with Crippen molar-refractivity contribution in [1.82, 2.24) is 9.97 Å². The summed E-state index contributed by atoms with van der Waals surface area (Å²) in [6, 6.07) is 0. The minimum atomic E-state index is 0.642. The van der Waals surface area contributed by atoms with Crippen LogP contribution in [0.4, 0.5) is 5.82 Å². The molecule has 3 nitrogen and oxygen atoms in total. The monoisotopic (exact) mass is 203 g/mol. The number of rotatable bonds is 2. The van der Waals surface area contributed by atoms with E-state index < -0.39 is 0 Å². The Bertz CT molecular complexity index is 383. The standard InChI is InChI=1S/C12H17N3/c1-13-12-9-6-3-7-10(9)14-11(15-12)8-4-2-5-8/h8H,2-7H2,1H3,(H,13,14,15). The van der Waals surface area contributed by atoms with Gasteiger partial charge in [0.2, 0.25) is 0 Å². The largest absolute Gasteiger partial charge is 0.373 e. The molecule has 3 rings (SSSR count). The average molecular weight is 203 g/mol. The van der Waals surface area contributed by atoms with Crippen LogP contribution in [0.1, 0.15) is 48.7 Å². The lowest BCUT2D eigenvalue weighted by Crippen LogP contribution is -2.15. The van der Waals surface area contributed by atoms with Crippen molar-refractivity contribution in [3.63, 3.8) is 0 Å². The van der Waals surface area contributed by atoms with Gasteiger partial charge in [0.1, 0.15) is 11.6 Å². The van der Waals surface area contributed by atoms with E-state index in [1.165, 1.54) is 36.9 Å². The minimum absolute atomic E-state index is 0.642. The van der Waals surface area contributed by atoms with E-state index in [1.807, 2.05) is 7.05 Å². The smallest absolute Gasteiger partial charge is 0.134 e. The molecule has 1 aromatic rings. The van der Waals surface area contributed by atoms with Crippen molar-refractivity contribution in [2.75, 3.05) is 12.4 Å². The number of fused-ring (bicyclic) bond motifs is 1. The molecular formula is C12H17N3. The van der Waals surface area contributed by atoms with E-state index in [0.717, 1.165) is 24.5 Å². The first kappa shape index (κ1) is 9.13. The number of nitrogens with one attached hydrogen (secondary N) is 1. The molecule has 0 radical (unpaired) electrons. The summed E-state index contributed by atoms with van der Waals surface area (Å²) in [5.74, 6) is 2.81. The Labute approximate surface area is 90.3 Å². The quantitative estimate of drug-likeness (QED) is 0.801. The molecule has 15 heavy (non-hydrogen) atoms. The molecular weight excluding hydrogens is 186 g/mol. The fourth-order valence-corrected chi connectivity index (χ4v) is 2.51. The van der Waals surface area contributed by atoms with E-state index in [1.54, 1.807) is 0 Å². The molecule has 0 bridgehead atoms. The van der Waals surface area contributed by atoms with Gasteiger partial charge in [0.05, 0.1) is 0 Å². The van der Waals surface area contributed by atoms with E-state index in [9.17, 15) is 0 Å². The fourth-order valence-electron chi connectivity index (χ4n) is 2.51. The SMILES string of the molecule is CNc1nc(C2CCC2)nc2c1CCC2. The van der Waals surface area contributed by atoms with Crippen LogP contribution in [0.25, 0.3) is 0 Å². The molecule has 0 aliphatic heterocycles. The van der Waals surface area contributed by atoms with Crippen molar-refractivity contribution in [3.8, 4) is 0 Å². The predicted octanol–water partition coefficient (Wildman–Crippen LogP) is 2.27. The molecule has 0 aromatic carbocycles. The summed E-state index contributed by atoms with van der Waals surface area (Å²) in [6.45, 7) is 0. The number of aromatic nitrogens is 2. The highest BCUT2D eigenvalue weighted by Crippen LogP contribution is 2.36. The van der Waals surface area contributed by atoms with Gasteiger partial charge >= 0.3 is 0 Å². The molecule has 2 aliphatic carbocycles. The normalized spacial score (nSPS) is 19.8. The van der Waals surface area contributed by atoms with Gasteiger partial charge in [-0.2, -0.15) is 0 Å². The zero-order valence-electron chi connectivity index (χ0n) is 9.21. The van der Waals surface area contributed by atoms with Crippen LogP contribution in [-0.2, 0) is 12.8 Å². The van der Waals surface area contributed by atoms with Crippen LogP contribution in [0, 0.1) is 0 Å². The maximum absolute atomic E-state index is 4.73. The highest BCUT2D eigenvalue weighted by atomic mass is 15.0. The van der Waals surface area contributed by atoms with Crippen LogP contribution < -0.4 is 5.32 Å². The number of nitrogens with zero attached hydrogens (tertiary/aromatic N) is 2. The van der Waals surface area contributed by atoms with Crippen LogP contribution in [0.5, 0.6) is 0 Å². The summed E-state index contributed by atoms with van der Waals surface area (Å²) >= 11 is 0. The van der Waals surface area contributed by atoms with Crippen molar-refractivity contribution in [2.45, 2.75) is 44.4 Å². The second-order valence-electron chi connectivity index (χ2n) is 4.59. The number of hydrogen-bond acceptors (Lipinski definition) is 3. The first-order valence-electron chi connectivity index (χ1n) is 5.96. The molecule has 0 saturated heterocycles. The summed E-state index contributed by atoms with van der Waals surface area (Å²) in [6.07, 6.45) is 7.44. The molecule has 1 saturated carbocycles. The Morgan fingerprint density at radius 1 is 1.13 bits per heavy atom. The van der Waals surface area contributed by atoms with Gasteiger partial charge in [-0.05, 0) is 32.1 Å². The van der Waals surface area contributed by atoms with E-state index in [4.69, 9.17) is 4.98 Å². The molecule has 1 N–H and O–H groups in total. The summed E-state index contributed by atoms with van der Waals surface area (Å²) in [5, 5.41) is 3.22. The Hall–Kier alpha value is -1.12. The Morgan fingerprint density at radius 3 is 2.67 bits per heavy atom. The number of hydrogen-bond donors (Lipinski definition) is 1. The number of anilines is 1. The molecule has 0 amide bonds. The van der Waals surface area contributed by atoms with Crippen LogP contribution in [0.2, 0.25) is 0 Å². The van der Waals surface area contributed by atoms with Crippen molar-refractivity contribution in [3.05, 3.63) is 17.1 Å². The van der Waals surface area contributed by atoms with Crippen LogP contribution in [0.3, 0.4) is 0 Å². The van der Waals surface area contributed by atoms with E-state index in [0.29, 0.717) is 5.92 Å². The minimum Gasteiger partial charge on any atom is -0.373 e. The first-order chi connectivity index (χ1) is 7.38. The summed E-state index contributed by atoms with van der Waals surface area (Å²) in [7, 11) is 1.96. The molecule has 80 valence electrons. The lowest BCUT2D eigenvalue weighted by molar-refractivity contribution is 0.401. The summed E-state index contributed by atoms with van der Waals surface area (Å²) < 4.78 is 0. The van der Waals surface area contributed by atoms with Gasteiger partial charge in [0.25, 0.3) is 0 Å². The lowest BCUT2D eigenvalue weighted by atomic mass is 9.85. The molecule has 0 unspecified atom stereocenters. The molecule has 1 fully saturated rings. The summed E-state index contributed by atoms with van der Waals surface area (Å²) in [4.78, 5) is 9.40. The first-order valence-corrected chi connectivity index (χ1v) is 5.96. The Morgan fingerprint density at radius 2 is 2.00 bits per heavy atom. The molecule has 0 atom stereocenters. The van der Waals surface area contributed by atoms with E-state index in [-0.39, 0.29) is 0 Å². The van der Waals surface area contributed by atoms with Gasteiger partial charge in [0.15, 0.2) is 0 Å². The van der Waals surface area contributed by atoms with Crippen molar-refractivity contribution >= 4 is 5.82 Å². The molecule has 1 heterocycles. The van der Waals surface area contributed by atoms with Gasteiger partial charge in [0, 0.05) is 24.2 Å². The number of aryl methyl sites for hydroxylation is 1. The summed E-state index contributed by atoms with van der Waals surface area (Å²) in [5.41, 5.74) is 2.66. The fraction of sp³-hybridized carbons (Fsp3) is 0.667. The van der Waals surface area contributed by atoms with Crippen LogP contribution >= 0.6 is 0 Å². The van der Waals surface area contributed by atoms with Crippen molar-refractivity contribution in [2.24, 2.45) is 0 Å². The van der Waals surface area contributed by atoms with Crippen molar-refractivity contribution in [1.29, 1.82) is 0 Å². The zero-order valence-corrected chi connectivity index (χ0v) is 9.21. The van der Waals surface area contributed by atoms with Gasteiger partial charge < -0.3 is 5.32 Å². The van der Waals surface area contributed by atoms with E-state index in [2.05, 4.69) is 10.3 Å². The van der Waals surface area contributed by atoms with Gasteiger partial charge in [-0.1, -0.05) is 6.42 Å². The maximum atomic E-state index is 4.73. The lowest BCUT2D eigenvalue weighted by Gasteiger charge is -2.24. The second kappa shape index (κ2) is 3.47. The van der Waals surface area contributed by atoms with Gasteiger partial charge in [-0.15, -0.1) is 0 Å². The van der Waals surface area contributed by atoms with Gasteiger partial charge in [-0.3, -0.25) is 0 Å². The molecule has 2 aliphatic rings. The average Bonchev–Trinajstić information content (AvgIpc) is 2.61. The van der Waals surface area contributed by atoms with Crippen molar-refractivity contribution < 1.29 is 0 Å². The van der Waals surface area contributed by atoms with E-state index >= 15 is 0 Å². The topological polar surface area (TPSA) is 37.8 Å². The third-order valence-electron chi connectivity index (χ3n) is 3.66. The second-order valence-corrected chi connectivity index (χ2v) is 4.59. The molecule has 0 spiro atoms. The zero-order chi connectivity index (χ0) is 10.3. The molecule has 1 aromatic heterocycles. The molecule has 3 heteroatoms. The third-order valence-corrected chi connectivity index (χ3v) is 3.66. The Kier molecular flexibility index (Phi) is 2.11. The van der Waals surface area contributed by atoms with Gasteiger partial charge in [-0.25, -0.2) is 9.97 Å². The van der Waals surface area contributed by atoms with Crippen LogP contribution in [0.15, 0.2) is 0 Å². The highest BCUT2D eigenvalue weighted by Gasteiger charge is 2.26. The maximum Gasteiger partial charge on any atom is 0.134 e. The third kappa shape index (κ3) is 1.41. The van der Waals surface area contributed by atoms with Crippen LogP contribution in [-0.4, -0.2) is 17.0 Å². The Balaban J connectivity index is 2.02.